The lowest BCUT2D eigenvalue weighted by Gasteiger charge is -2.08. The van der Waals surface area contributed by atoms with E-state index < -0.39 is 0 Å². The van der Waals surface area contributed by atoms with Crippen LogP contribution in [0.4, 0.5) is 5.69 Å². The maximum Gasteiger partial charge on any atom is 0.0934 e. The summed E-state index contributed by atoms with van der Waals surface area (Å²) in [6.07, 6.45) is 1.83. The number of nitrogens with one attached hydrogen (secondary N) is 1. The molecule has 0 amide bonds. The highest BCUT2D eigenvalue weighted by Gasteiger charge is 2.06. The highest BCUT2D eigenvalue weighted by atomic mass is 79.9. The lowest BCUT2D eigenvalue weighted by Crippen LogP contribution is -2.00. The van der Waals surface area contributed by atoms with Crippen molar-refractivity contribution < 1.29 is 0 Å². The number of pyridine rings is 1. The Kier molecular flexibility index (Phi) is 3.72. The van der Waals surface area contributed by atoms with Crippen LogP contribution in [0.1, 0.15) is 15.6 Å². The van der Waals surface area contributed by atoms with Gasteiger partial charge in [0.15, 0.2) is 0 Å². The Bertz CT molecular complexity index is 767. The molecule has 20 heavy (non-hydrogen) atoms. The number of nitrogens with zero attached hydrogens (tertiary/aromatic N) is 2. The molecule has 3 rings (SSSR count). The van der Waals surface area contributed by atoms with Crippen LogP contribution in [0.15, 0.2) is 34.9 Å². The smallest absolute Gasteiger partial charge is 0.0934 e. The van der Waals surface area contributed by atoms with E-state index in [4.69, 9.17) is 0 Å². The Morgan fingerprint density at radius 1 is 1.30 bits per heavy atom. The molecule has 0 aliphatic rings. The van der Waals surface area contributed by atoms with E-state index >= 15 is 0 Å². The Morgan fingerprint density at radius 3 is 2.90 bits per heavy atom. The molecular weight excluding hydrogens is 334 g/mol. The first-order chi connectivity index (χ1) is 9.63. The third-order valence-corrected chi connectivity index (χ3v) is 4.62. The van der Waals surface area contributed by atoms with Gasteiger partial charge in [-0.1, -0.05) is 12.1 Å². The predicted octanol–water partition coefficient (Wildman–Crippen LogP) is 4.68. The average Bonchev–Trinajstić information content (AvgIpc) is 2.74. The van der Waals surface area contributed by atoms with Crippen LogP contribution in [-0.4, -0.2) is 9.97 Å². The summed E-state index contributed by atoms with van der Waals surface area (Å²) in [7, 11) is 0. The first-order valence-electron chi connectivity index (χ1n) is 6.34. The van der Waals surface area contributed by atoms with E-state index in [1.165, 1.54) is 4.88 Å². The molecule has 0 atom stereocenters. The quantitative estimate of drug-likeness (QED) is 0.747. The van der Waals surface area contributed by atoms with Crippen LogP contribution in [0.2, 0.25) is 0 Å². The third kappa shape index (κ3) is 2.69. The summed E-state index contributed by atoms with van der Waals surface area (Å²) in [5.74, 6) is 0. The molecule has 0 aliphatic carbocycles. The summed E-state index contributed by atoms with van der Waals surface area (Å²) in [4.78, 5) is 10.2. The first-order valence-corrected chi connectivity index (χ1v) is 7.95. The highest BCUT2D eigenvalue weighted by Crippen LogP contribution is 2.25. The molecule has 0 spiro atoms. The second-order valence-corrected chi connectivity index (χ2v) is 6.83. The summed E-state index contributed by atoms with van der Waals surface area (Å²) in [6, 6.07) is 8.26. The molecule has 1 N–H and O–H groups in total. The second-order valence-electron chi connectivity index (χ2n) is 4.63. The summed E-state index contributed by atoms with van der Waals surface area (Å²) < 4.78 is 0.996. The van der Waals surface area contributed by atoms with Gasteiger partial charge in [-0.25, -0.2) is 4.98 Å². The molecule has 0 saturated carbocycles. The molecule has 0 fully saturated rings. The van der Waals surface area contributed by atoms with Crippen LogP contribution in [0, 0.1) is 13.8 Å². The van der Waals surface area contributed by atoms with Gasteiger partial charge in [-0.05, 0) is 41.9 Å². The second kappa shape index (κ2) is 5.50. The van der Waals surface area contributed by atoms with Gasteiger partial charge in [0.1, 0.15) is 0 Å². The van der Waals surface area contributed by atoms with Gasteiger partial charge >= 0.3 is 0 Å². The number of anilines is 1. The lowest BCUT2D eigenvalue weighted by molar-refractivity contribution is 1.11. The van der Waals surface area contributed by atoms with Gasteiger partial charge in [-0.2, -0.15) is 0 Å². The van der Waals surface area contributed by atoms with Crippen molar-refractivity contribution in [1.29, 1.82) is 0 Å². The summed E-state index contributed by atoms with van der Waals surface area (Å²) in [6.45, 7) is 4.88. The zero-order valence-corrected chi connectivity index (χ0v) is 13.7. The average molecular weight is 348 g/mol. The lowest BCUT2D eigenvalue weighted by atomic mass is 10.2. The van der Waals surface area contributed by atoms with E-state index in [2.05, 4.69) is 56.3 Å². The molecular formula is C15H14BrN3S. The highest BCUT2D eigenvalue weighted by molar-refractivity contribution is 9.10. The third-order valence-electron chi connectivity index (χ3n) is 3.12. The Balaban J connectivity index is 1.89. The Hall–Kier alpha value is -1.46. The van der Waals surface area contributed by atoms with Gasteiger partial charge in [0.2, 0.25) is 0 Å². The van der Waals surface area contributed by atoms with Gasteiger partial charge in [-0.15, -0.1) is 11.3 Å². The largest absolute Gasteiger partial charge is 0.378 e. The van der Waals surface area contributed by atoms with E-state index in [0.717, 1.165) is 38.3 Å². The molecule has 0 bridgehead atoms. The first kappa shape index (κ1) is 13.5. The van der Waals surface area contributed by atoms with E-state index in [9.17, 15) is 0 Å². The molecule has 2 aromatic heterocycles. The van der Waals surface area contributed by atoms with Crippen molar-refractivity contribution in [3.63, 3.8) is 0 Å². The van der Waals surface area contributed by atoms with Crippen molar-refractivity contribution in [2.75, 3.05) is 5.32 Å². The standard InChI is InChI=1S/C15H14BrN3S/c1-9-14(20-10(2)19-9)8-17-13-5-3-4-11-6-12(16)7-18-15(11)13/h3-7,17H,8H2,1-2H3. The molecule has 3 nitrogen and oxygen atoms in total. The Labute approximate surface area is 130 Å². The van der Waals surface area contributed by atoms with Crippen LogP contribution in [-0.2, 0) is 6.54 Å². The van der Waals surface area contributed by atoms with Gasteiger partial charge in [0.05, 0.1) is 28.5 Å². The molecule has 2 heterocycles. The van der Waals surface area contributed by atoms with Gasteiger partial charge in [-0.3, -0.25) is 4.98 Å². The van der Waals surface area contributed by atoms with Crippen LogP contribution >= 0.6 is 27.3 Å². The zero-order valence-electron chi connectivity index (χ0n) is 11.3. The van der Waals surface area contributed by atoms with Crippen molar-refractivity contribution in [3.05, 3.63) is 50.5 Å². The van der Waals surface area contributed by atoms with E-state index in [1.807, 2.05) is 19.2 Å². The van der Waals surface area contributed by atoms with Crippen LogP contribution < -0.4 is 5.32 Å². The minimum atomic E-state index is 0.786. The molecule has 102 valence electrons. The number of hydrogen-bond acceptors (Lipinski definition) is 4. The maximum absolute atomic E-state index is 4.50. The number of rotatable bonds is 3. The molecule has 0 saturated heterocycles. The number of aromatic nitrogens is 2. The summed E-state index contributed by atoms with van der Waals surface area (Å²) >= 11 is 5.20. The zero-order chi connectivity index (χ0) is 14.1. The molecule has 0 aliphatic heterocycles. The molecule has 5 heteroatoms. The maximum atomic E-state index is 4.50. The SMILES string of the molecule is Cc1nc(C)c(CNc2cccc3cc(Br)cnc23)s1. The van der Waals surface area contributed by atoms with E-state index in [0.29, 0.717) is 0 Å². The van der Waals surface area contributed by atoms with E-state index in [-0.39, 0.29) is 0 Å². The summed E-state index contributed by atoms with van der Waals surface area (Å²) in [5, 5.41) is 5.71. The van der Waals surface area contributed by atoms with Crippen LogP contribution in [0.3, 0.4) is 0 Å². The molecule has 1 aromatic carbocycles. The number of fused-ring (bicyclic) bond motifs is 1. The van der Waals surface area contributed by atoms with Crippen LogP contribution in [0.25, 0.3) is 10.9 Å². The Morgan fingerprint density at radius 2 is 2.15 bits per heavy atom. The topological polar surface area (TPSA) is 37.8 Å². The van der Waals surface area contributed by atoms with Crippen molar-refractivity contribution in [2.24, 2.45) is 0 Å². The van der Waals surface area contributed by atoms with Crippen molar-refractivity contribution in [1.82, 2.24) is 9.97 Å². The summed E-state index contributed by atoms with van der Waals surface area (Å²) in [5.41, 5.74) is 3.16. The molecule has 0 radical (unpaired) electrons. The number of hydrogen-bond donors (Lipinski definition) is 1. The van der Waals surface area contributed by atoms with E-state index in [1.54, 1.807) is 11.3 Å². The molecule has 0 unspecified atom stereocenters. The number of benzene rings is 1. The van der Waals surface area contributed by atoms with Crippen LogP contribution in [0.5, 0.6) is 0 Å². The van der Waals surface area contributed by atoms with Crippen molar-refractivity contribution in [3.8, 4) is 0 Å². The van der Waals surface area contributed by atoms with Crippen molar-refractivity contribution >= 4 is 43.9 Å². The molecule has 3 aromatic rings. The van der Waals surface area contributed by atoms with Crippen molar-refractivity contribution in [2.45, 2.75) is 20.4 Å². The monoisotopic (exact) mass is 347 g/mol. The minimum Gasteiger partial charge on any atom is -0.378 e. The number of aryl methyl sites for hydroxylation is 2. The fraction of sp³-hybridized carbons (Fsp3) is 0.200. The minimum absolute atomic E-state index is 0.786. The normalized spacial score (nSPS) is 10.9. The fourth-order valence-corrected chi connectivity index (χ4v) is 3.42. The van der Waals surface area contributed by atoms with Gasteiger partial charge in [0.25, 0.3) is 0 Å². The number of para-hydroxylation sites is 1. The fourth-order valence-electron chi connectivity index (χ4n) is 2.19. The number of halogens is 1. The number of thiazole rings is 1. The van der Waals surface area contributed by atoms with Gasteiger partial charge < -0.3 is 5.32 Å². The predicted molar refractivity (Wildman–Crippen MR) is 88.4 cm³/mol. The van der Waals surface area contributed by atoms with Gasteiger partial charge in [0, 0.05) is 20.9 Å².